The zero-order chi connectivity index (χ0) is 14.7. The van der Waals surface area contributed by atoms with Crippen molar-refractivity contribution in [1.82, 2.24) is 0 Å². The third kappa shape index (κ3) is 5.66. The summed E-state index contributed by atoms with van der Waals surface area (Å²) in [7, 11) is 1.30. The predicted octanol–water partition coefficient (Wildman–Crippen LogP) is 2.84. The van der Waals surface area contributed by atoms with Crippen LogP contribution in [0.15, 0.2) is 23.1 Å². The van der Waals surface area contributed by atoms with Crippen LogP contribution in [0.1, 0.15) is 5.56 Å². The Labute approximate surface area is 112 Å². The normalized spacial score (nSPS) is 12.5. The topological polar surface area (TPSA) is 52.6 Å². The number of rotatable bonds is 5. The predicted molar refractivity (Wildman–Crippen MR) is 61.7 cm³/mol. The first-order valence-electron chi connectivity index (χ1n) is 4.98. The molecule has 0 amide bonds. The standard InChI is InChI=1S/C10H10ClF3O4S/c1-7-6-8(19(11,15)16)2-3-9(7)17-4-5-18-10(12,13)14/h2-3,6H,4-5H2,1H3. The molecule has 0 fully saturated rings. The van der Waals surface area contributed by atoms with E-state index >= 15 is 0 Å². The molecule has 1 rings (SSSR count). The third-order valence-electron chi connectivity index (χ3n) is 2.03. The van der Waals surface area contributed by atoms with Crippen LogP contribution in [0.5, 0.6) is 5.75 Å². The molecule has 0 radical (unpaired) electrons. The Kier molecular flexibility index (Phi) is 5.05. The number of hydrogen-bond acceptors (Lipinski definition) is 4. The summed E-state index contributed by atoms with van der Waals surface area (Å²) >= 11 is 0. The van der Waals surface area contributed by atoms with Crippen molar-refractivity contribution in [3.63, 3.8) is 0 Å². The quantitative estimate of drug-likeness (QED) is 0.619. The van der Waals surface area contributed by atoms with Gasteiger partial charge in [0.25, 0.3) is 9.05 Å². The monoisotopic (exact) mass is 318 g/mol. The van der Waals surface area contributed by atoms with E-state index in [1.165, 1.54) is 18.2 Å². The zero-order valence-electron chi connectivity index (χ0n) is 9.70. The summed E-state index contributed by atoms with van der Waals surface area (Å²) in [5, 5.41) is 0. The van der Waals surface area contributed by atoms with Gasteiger partial charge in [-0.1, -0.05) is 0 Å². The molecular formula is C10H10ClF3O4S. The maximum absolute atomic E-state index is 11.7. The van der Waals surface area contributed by atoms with Gasteiger partial charge >= 0.3 is 6.36 Å². The number of alkyl halides is 3. The molecule has 0 atom stereocenters. The summed E-state index contributed by atoms with van der Waals surface area (Å²) in [5.41, 5.74) is 0.439. The lowest BCUT2D eigenvalue weighted by molar-refractivity contribution is -0.325. The van der Waals surface area contributed by atoms with Gasteiger partial charge in [-0.15, -0.1) is 13.2 Å². The Morgan fingerprint density at radius 1 is 1.26 bits per heavy atom. The fourth-order valence-electron chi connectivity index (χ4n) is 1.24. The number of benzene rings is 1. The fraction of sp³-hybridized carbons (Fsp3) is 0.400. The van der Waals surface area contributed by atoms with Crippen LogP contribution in [-0.2, 0) is 13.8 Å². The average Bonchev–Trinajstić information content (AvgIpc) is 2.23. The zero-order valence-corrected chi connectivity index (χ0v) is 11.3. The van der Waals surface area contributed by atoms with Gasteiger partial charge < -0.3 is 4.74 Å². The van der Waals surface area contributed by atoms with Crippen LogP contribution in [0.3, 0.4) is 0 Å². The maximum atomic E-state index is 11.7. The molecule has 1 aromatic rings. The third-order valence-corrected chi connectivity index (χ3v) is 3.39. The van der Waals surface area contributed by atoms with Crippen LogP contribution in [0.2, 0.25) is 0 Å². The molecule has 0 spiro atoms. The Balaban J connectivity index is 2.61. The molecule has 0 N–H and O–H groups in total. The number of aryl methyl sites for hydroxylation is 1. The van der Waals surface area contributed by atoms with Crippen LogP contribution < -0.4 is 4.74 Å². The van der Waals surface area contributed by atoms with E-state index in [1.807, 2.05) is 0 Å². The van der Waals surface area contributed by atoms with Crippen molar-refractivity contribution in [2.75, 3.05) is 13.2 Å². The van der Waals surface area contributed by atoms with Gasteiger partial charge in [0.15, 0.2) is 0 Å². The smallest absolute Gasteiger partial charge is 0.491 e. The highest BCUT2D eigenvalue weighted by atomic mass is 35.7. The van der Waals surface area contributed by atoms with E-state index in [9.17, 15) is 21.6 Å². The number of hydrogen-bond donors (Lipinski definition) is 0. The minimum atomic E-state index is -4.70. The van der Waals surface area contributed by atoms with Crippen LogP contribution >= 0.6 is 10.7 Å². The summed E-state index contributed by atoms with van der Waals surface area (Å²) in [6, 6.07) is 3.79. The molecule has 0 saturated carbocycles. The van der Waals surface area contributed by atoms with Crippen molar-refractivity contribution in [2.45, 2.75) is 18.2 Å². The summed E-state index contributed by atoms with van der Waals surface area (Å²) in [6.07, 6.45) is -4.70. The molecule has 1 aromatic carbocycles. The SMILES string of the molecule is Cc1cc(S(=O)(=O)Cl)ccc1OCCOC(F)(F)F. The van der Waals surface area contributed by atoms with Crippen LogP contribution in [0.25, 0.3) is 0 Å². The average molecular weight is 319 g/mol. The second-order valence-corrected chi connectivity index (χ2v) is 6.07. The van der Waals surface area contributed by atoms with Gasteiger partial charge in [-0.3, -0.25) is 4.74 Å². The molecule has 19 heavy (non-hydrogen) atoms. The largest absolute Gasteiger partial charge is 0.522 e. The molecule has 0 aliphatic carbocycles. The van der Waals surface area contributed by atoms with Gasteiger partial charge in [0, 0.05) is 10.7 Å². The van der Waals surface area contributed by atoms with Gasteiger partial charge in [-0.25, -0.2) is 8.42 Å². The molecule has 9 heteroatoms. The van der Waals surface area contributed by atoms with E-state index in [0.29, 0.717) is 5.56 Å². The van der Waals surface area contributed by atoms with Crippen molar-refractivity contribution in [1.29, 1.82) is 0 Å². The summed E-state index contributed by atoms with van der Waals surface area (Å²) < 4.78 is 65.7. The highest BCUT2D eigenvalue weighted by Gasteiger charge is 2.28. The fourth-order valence-corrected chi connectivity index (χ4v) is 2.08. The van der Waals surface area contributed by atoms with Gasteiger partial charge in [0.1, 0.15) is 12.4 Å². The van der Waals surface area contributed by atoms with Gasteiger partial charge in [-0.2, -0.15) is 0 Å². The molecule has 4 nitrogen and oxygen atoms in total. The van der Waals surface area contributed by atoms with Crippen LogP contribution in [0.4, 0.5) is 13.2 Å². The number of ether oxygens (including phenoxy) is 2. The van der Waals surface area contributed by atoms with Crippen molar-refractivity contribution >= 4 is 19.7 Å². The van der Waals surface area contributed by atoms with Crippen molar-refractivity contribution in [2.24, 2.45) is 0 Å². The highest BCUT2D eigenvalue weighted by molar-refractivity contribution is 8.13. The minimum absolute atomic E-state index is 0.106. The van der Waals surface area contributed by atoms with E-state index in [2.05, 4.69) is 4.74 Å². The molecule has 0 heterocycles. The lowest BCUT2D eigenvalue weighted by Crippen LogP contribution is -2.18. The second kappa shape index (κ2) is 5.98. The molecule has 0 bridgehead atoms. The Morgan fingerprint density at radius 2 is 1.89 bits per heavy atom. The van der Waals surface area contributed by atoms with E-state index in [-0.39, 0.29) is 17.3 Å². The highest BCUT2D eigenvalue weighted by Crippen LogP contribution is 2.24. The number of halogens is 4. The lowest BCUT2D eigenvalue weighted by atomic mass is 10.2. The van der Waals surface area contributed by atoms with E-state index < -0.39 is 22.0 Å². The molecule has 0 aromatic heterocycles. The summed E-state index contributed by atoms with van der Waals surface area (Å²) in [6.45, 7) is 0.581. The summed E-state index contributed by atoms with van der Waals surface area (Å²) in [5.74, 6) is 0.259. The Morgan fingerprint density at radius 3 is 2.37 bits per heavy atom. The van der Waals surface area contributed by atoms with E-state index in [0.717, 1.165) is 0 Å². The van der Waals surface area contributed by atoms with Crippen molar-refractivity contribution in [3.05, 3.63) is 23.8 Å². The molecule has 0 aliphatic heterocycles. The molecule has 0 aliphatic rings. The van der Waals surface area contributed by atoms with Gasteiger partial charge in [-0.05, 0) is 30.7 Å². The second-order valence-electron chi connectivity index (χ2n) is 3.51. The van der Waals surface area contributed by atoms with Crippen LogP contribution in [-0.4, -0.2) is 28.0 Å². The van der Waals surface area contributed by atoms with Crippen LogP contribution in [0, 0.1) is 6.92 Å². The molecule has 0 saturated heterocycles. The van der Waals surface area contributed by atoms with Gasteiger partial charge in [0.2, 0.25) is 0 Å². The van der Waals surface area contributed by atoms with Crippen molar-refractivity contribution in [3.8, 4) is 5.75 Å². The molecule has 108 valence electrons. The Hall–Kier alpha value is -0.990. The minimum Gasteiger partial charge on any atom is -0.491 e. The first-order chi connectivity index (χ1) is 8.59. The van der Waals surface area contributed by atoms with E-state index in [4.69, 9.17) is 15.4 Å². The molecule has 0 unspecified atom stereocenters. The lowest BCUT2D eigenvalue weighted by Gasteiger charge is -2.11. The summed E-state index contributed by atoms with van der Waals surface area (Å²) in [4.78, 5) is -0.106. The molecular weight excluding hydrogens is 309 g/mol. The van der Waals surface area contributed by atoms with E-state index in [1.54, 1.807) is 6.92 Å². The first-order valence-corrected chi connectivity index (χ1v) is 7.29. The van der Waals surface area contributed by atoms with Gasteiger partial charge in [0.05, 0.1) is 11.5 Å². The van der Waals surface area contributed by atoms with Crippen molar-refractivity contribution < 1.29 is 31.1 Å². The first kappa shape index (κ1) is 16.1. The maximum Gasteiger partial charge on any atom is 0.522 e. The Bertz CT molecular complexity index is 542.